The highest BCUT2D eigenvalue weighted by Crippen LogP contribution is 2.12. The normalized spacial score (nSPS) is 11.5. The molecule has 4 aromatic heterocycles. The van der Waals surface area contributed by atoms with Crippen molar-refractivity contribution < 1.29 is 0 Å². The lowest BCUT2D eigenvalue weighted by molar-refractivity contribution is 0.451. The van der Waals surface area contributed by atoms with Crippen LogP contribution in [0.15, 0.2) is 27.1 Å². The molecule has 0 fully saturated rings. The number of nitrogens with zero attached hydrogens (tertiary/aromatic N) is 7. The Bertz CT molecular complexity index is 1250. The van der Waals surface area contributed by atoms with Gasteiger partial charge in [0.25, 0.3) is 5.56 Å². The van der Waals surface area contributed by atoms with E-state index in [4.69, 9.17) is 11.6 Å². The zero-order valence-corrected chi connectivity index (χ0v) is 18.0. The van der Waals surface area contributed by atoms with E-state index in [9.17, 15) is 9.59 Å². The highest BCUT2D eigenvalue weighted by molar-refractivity contribution is 7.09. The minimum atomic E-state index is -0.424. The largest absolute Gasteiger partial charge is 0.332 e. The van der Waals surface area contributed by atoms with Crippen LogP contribution in [-0.2, 0) is 26.1 Å². The van der Waals surface area contributed by atoms with Crippen molar-refractivity contribution >= 4 is 34.1 Å². The van der Waals surface area contributed by atoms with Crippen molar-refractivity contribution in [3.8, 4) is 0 Å². The maximum Gasteiger partial charge on any atom is 0.332 e. The molecular formula is C18H21ClN8O2S. The van der Waals surface area contributed by atoms with Crippen molar-refractivity contribution in [1.29, 1.82) is 0 Å². The van der Waals surface area contributed by atoms with Crippen LogP contribution in [0.4, 0.5) is 0 Å². The van der Waals surface area contributed by atoms with E-state index < -0.39 is 5.56 Å². The molecule has 4 heterocycles. The summed E-state index contributed by atoms with van der Waals surface area (Å²) >= 11 is 7.59. The van der Waals surface area contributed by atoms with Gasteiger partial charge in [-0.15, -0.1) is 21.5 Å². The molecule has 0 aliphatic rings. The van der Waals surface area contributed by atoms with E-state index >= 15 is 0 Å². The van der Waals surface area contributed by atoms with Gasteiger partial charge in [0, 0.05) is 24.4 Å². The Labute approximate surface area is 180 Å². The van der Waals surface area contributed by atoms with Crippen LogP contribution in [0.1, 0.15) is 36.9 Å². The maximum atomic E-state index is 12.9. The number of fused-ring (bicyclic) bond motifs is 1. The van der Waals surface area contributed by atoms with Crippen LogP contribution in [-0.4, -0.2) is 39.3 Å². The Morgan fingerprint density at radius 1 is 1.17 bits per heavy atom. The number of H-pyrrole nitrogens is 1. The van der Waals surface area contributed by atoms with Crippen LogP contribution < -0.4 is 11.2 Å². The molecule has 30 heavy (non-hydrogen) atoms. The summed E-state index contributed by atoms with van der Waals surface area (Å²) in [6.07, 6.45) is 2.85. The third kappa shape index (κ3) is 4.21. The van der Waals surface area contributed by atoms with Gasteiger partial charge in [0.15, 0.2) is 17.0 Å². The molecule has 12 heteroatoms. The van der Waals surface area contributed by atoms with Gasteiger partial charge >= 0.3 is 5.69 Å². The molecule has 4 rings (SSSR count). The van der Waals surface area contributed by atoms with E-state index in [2.05, 4.69) is 25.4 Å². The Hall–Kier alpha value is -2.79. The fourth-order valence-electron chi connectivity index (χ4n) is 3.23. The van der Waals surface area contributed by atoms with Crippen LogP contribution in [0.2, 0.25) is 5.28 Å². The molecule has 0 aromatic carbocycles. The number of imidazole rings is 1. The number of thiophene rings is 1. The van der Waals surface area contributed by atoms with Gasteiger partial charge in [-0.3, -0.25) is 13.9 Å². The molecule has 0 saturated carbocycles. The summed E-state index contributed by atoms with van der Waals surface area (Å²) in [5.41, 5.74) is -0.259. The molecule has 0 aliphatic carbocycles. The number of aromatic amines is 1. The molecule has 4 aromatic rings. The zero-order chi connectivity index (χ0) is 21.1. The van der Waals surface area contributed by atoms with E-state index in [1.165, 1.54) is 18.8 Å². The third-order valence-electron chi connectivity index (χ3n) is 4.71. The number of tetrazole rings is 1. The second kappa shape index (κ2) is 8.92. The molecule has 158 valence electrons. The predicted octanol–water partition coefficient (Wildman–Crippen LogP) is 2.07. The van der Waals surface area contributed by atoms with Crippen molar-refractivity contribution in [3.05, 3.63) is 54.3 Å². The van der Waals surface area contributed by atoms with Crippen molar-refractivity contribution in [2.24, 2.45) is 0 Å². The van der Waals surface area contributed by atoms with Crippen molar-refractivity contribution in [3.63, 3.8) is 0 Å². The van der Waals surface area contributed by atoms with Crippen LogP contribution in [0.5, 0.6) is 0 Å². The topological polar surface area (TPSA) is 116 Å². The average molecular weight is 449 g/mol. The minimum Gasteiger partial charge on any atom is -0.323 e. The van der Waals surface area contributed by atoms with Crippen molar-refractivity contribution in [2.45, 2.75) is 52.2 Å². The molecule has 0 unspecified atom stereocenters. The van der Waals surface area contributed by atoms with Crippen LogP contribution >= 0.6 is 22.9 Å². The summed E-state index contributed by atoms with van der Waals surface area (Å²) in [7, 11) is 0. The van der Waals surface area contributed by atoms with Gasteiger partial charge in [-0.2, -0.15) is 9.78 Å². The van der Waals surface area contributed by atoms with Crippen LogP contribution in [0, 0.1) is 0 Å². The van der Waals surface area contributed by atoms with Crippen molar-refractivity contribution in [2.75, 3.05) is 0 Å². The molecule has 0 atom stereocenters. The first-order chi connectivity index (χ1) is 14.6. The summed E-state index contributed by atoms with van der Waals surface area (Å²) in [6.45, 7) is 3.19. The highest BCUT2D eigenvalue weighted by atomic mass is 35.5. The first-order valence-corrected chi connectivity index (χ1v) is 11.0. The molecule has 0 amide bonds. The standard InChI is InChI=1S/C18H21ClN8O2S/c1-2-3-7-25-15-14(20-17(19)21-15)16(28)26(18(25)29)8-5-9-27-23-13(22-24-27)11-12-6-4-10-30-12/h4,6,10H,2-3,5,7-9,11H2,1H3,(H,20,21). The minimum absolute atomic E-state index is 0.0922. The SMILES string of the molecule is CCCCn1c(=O)n(CCCn2nnc(Cc3cccs3)n2)c(=O)c2[nH]c(Cl)nc21. The molecule has 0 radical (unpaired) electrons. The molecule has 0 saturated heterocycles. The number of halogens is 1. The van der Waals surface area contributed by atoms with Gasteiger partial charge in [0.05, 0.1) is 6.54 Å². The number of nitrogens with one attached hydrogen (secondary N) is 1. The van der Waals surface area contributed by atoms with E-state index in [-0.39, 0.29) is 23.0 Å². The summed E-state index contributed by atoms with van der Waals surface area (Å²) in [6, 6.07) is 4.01. The first kappa shape index (κ1) is 20.5. The Morgan fingerprint density at radius 3 is 2.77 bits per heavy atom. The highest BCUT2D eigenvalue weighted by Gasteiger charge is 2.16. The quantitative estimate of drug-likeness (QED) is 0.392. The van der Waals surface area contributed by atoms with E-state index in [0.29, 0.717) is 37.4 Å². The number of hydrogen-bond acceptors (Lipinski definition) is 7. The Balaban J connectivity index is 1.50. The smallest absolute Gasteiger partial charge is 0.323 e. The zero-order valence-electron chi connectivity index (χ0n) is 16.4. The second-order valence-electron chi connectivity index (χ2n) is 6.88. The van der Waals surface area contributed by atoms with Gasteiger partial charge in [-0.1, -0.05) is 19.4 Å². The number of aryl methyl sites for hydroxylation is 2. The lowest BCUT2D eigenvalue weighted by Gasteiger charge is -2.10. The summed E-state index contributed by atoms with van der Waals surface area (Å²) < 4.78 is 2.73. The van der Waals surface area contributed by atoms with Gasteiger partial charge in [0.2, 0.25) is 5.28 Å². The Morgan fingerprint density at radius 2 is 2.00 bits per heavy atom. The third-order valence-corrected chi connectivity index (χ3v) is 5.77. The molecular weight excluding hydrogens is 428 g/mol. The fourth-order valence-corrected chi connectivity index (χ4v) is 4.11. The number of hydrogen-bond donors (Lipinski definition) is 1. The molecule has 0 aliphatic heterocycles. The van der Waals surface area contributed by atoms with E-state index in [0.717, 1.165) is 12.8 Å². The lowest BCUT2D eigenvalue weighted by atomic mass is 10.3. The average Bonchev–Trinajstić information content (AvgIpc) is 3.47. The second-order valence-corrected chi connectivity index (χ2v) is 8.27. The van der Waals surface area contributed by atoms with Gasteiger partial charge in [0.1, 0.15) is 0 Å². The molecule has 0 spiro atoms. The molecule has 10 nitrogen and oxygen atoms in total. The number of aromatic nitrogens is 8. The van der Waals surface area contributed by atoms with E-state index in [1.807, 2.05) is 24.4 Å². The number of rotatable bonds is 9. The van der Waals surface area contributed by atoms with Crippen molar-refractivity contribution in [1.82, 2.24) is 39.3 Å². The van der Waals surface area contributed by atoms with E-state index in [1.54, 1.807) is 11.3 Å². The van der Waals surface area contributed by atoms with Crippen LogP contribution in [0.25, 0.3) is 11.2 Å². The molecule has 1 N–H and O–H groups in total. The fraction of sp³-hybridized carbons (Fsp3) is 0.444. The lowest BCUT2D eigenvalue weighted by Crippen LogP contribution is -2.40. The maximum absolute atomic E-state index is 12.9. The van der Waals surface area contributed by atoms with Gasteiger partial charge in [-0.05, 0) is 41.1 Å². The molecule has 0 bridgehead atoms. The summed E-state index contributed by atoms with van der Waals surface area (Å²) in [5, 5.41) is 14.6. The first-order valence-electron chi connectivity index (χ1n) is 9.74. The number of unbranched alkanes of at least 4 members (excludes halogenated alkanes) is 1. The van der Waals surface area contributed by atoms with Gasteiger partial charge < -0.3 is 4.98 Å². The Kier molecular flexibility index (Phi) is 6.09. The predicted molar refractivity (Wildman–Crippen MR) is 114 cm³/mol. The summed E-state index contributed by atoms with van der Waals surface area (Å²) in [4.78, 5) is 35.3. The van der Waals surface area contributed by atoms with Crippen LogP contribution in [0.3, 0.4) is 0 Å². The monoisotopic (exact) mass is 448 g/mol. The summed E-state index contributed by atoms with van der Waals surface area (Å²) in [5.74, 6) is 0.644. The van der Waals surface area contributed by atoms with Gasteiger partial charge in [-0.25, -0.2) is 4.79 Å².